The summed E-state index contributed by atoms with van der Waals surface area (Å²) in [5.41, 5.74) is 3.33. The van der Waals surface area contributed by atoms with Crippen molar-refractivity contribution in [1.29, 1.82) is 0 Å². The van der Waals surface area contributed by atoms with Crippen LogP contribution < -0.4 is 0 Å². The minimum atomic E-state index is -0.0415. The van der Waals surface area contributed by atoms with Crippen LogP contribution in [-0.4, -0.2) is 0 Å². The van der Waals surface area contributed by atoms with Crippen LogP contribution in [0.3, 0.4) is 0 Å². The van der Waals surface area contributed by atoms with Crippen LogP contribution in [0.4, 0.5) is 0 Å². The highest BCUT2D eigenvalue weighted by molar-refractivity contribution is 6.37. The Morgan fingerprint density at radius 1 is 0.824 bits per heavy atom. The highest BCUT2D eigenvalue weighted by Gasteiger charge is 2.28. The zero-order valence-corrected chi connectivity index (χ0v) is 13.3. The molecule has 1 aromatic rings. The Balaban J connectivity index is 3.67. The molecule has 1 aromatic carbocycles. The fourth-order valence-corrected chi connectivity index (χ4v) is 3.17. The second kappa shape index (κ2) is 4.48. The average Bonchev–Trinajstić information content (AvgIpc) is 2.07. The summed E-state index contributed by atoms with van der Waals surface area (Å²) in [5.74, 6) is 0. The predicted octanol–water partition coefficient (Wildman–Crippen LogP) is 5.90. The van der Waals surface area contributed by atoms with E-state index in [0.717, 1.165) is 21.2 Å². The van der Waals surface area contributed by atoms with Crippen molar-refractivity contribution in [3.05, 3.63) is 32.8 Å². The van der Waals surface area contributed by atoms with Gasteiger partial charge in [0.25, 0.3) is 0 Å². The number of rotatable bonds is 0. The number of hydrogen-bond donors (Lipinski definition) is 0. The minimum absolute atomic E-state index is 0.0342. The van der Waals surface area contributed by atoms with Gasteiger partial charge in [0.05, 0.1) is 0 Å². The summed E-state index contributed by atoms with van der Waals surface area (Å²) in [7, 11) is 0. The van der Waals surface area contributed by atoms with Crippen molar-refractivity contribution < 1.29 is 0 Å². The summed E-state index contributed by atoms with van der Waals surface area (Å²) in [6.45, 7) is 15.0. The van der Waals surface area contributed by atoms with Gasteiger partial charge in [0.2, 0.25) is 0 Å². The maximum atomic E-state index is 6.57. The molecule has 0 radical (unpaired) electrons. The molecule has 0 aliphatic carbocycles. The van der Waals surface area contributed by atoms with Crippen LogP contribution in [-0.2, 0) is 10.8 Å². The van der Waals surface area contributed by atoms with Gasteiger partial charge in [-0.25, -0.2) is 0 Å². The van der Waals surface area contributed by atoms with Crippen LogP contribution >= 0.6 is 23.2 Å². The topological polar surface area (TPSA) is 0 Å². The first-order valence-corrected chi connectivity index (χ1v) is 6.71. The molecule has 0 atom stereocenters. The molecule has 0 unspecified atom stereocenters. The van der Waals surface area contributed by atoms with E-state index in [9.17, 15) is 0 Å². The maximum absolute atomic E-state index is 6.57. The number of aryl methyl sites for hydroxylation is 1. The molecule has 2 heteroatoms. The zero-order chi connectivity index (χ0) is 13.6. The lowest BCUT2D eigenvalue weighted by Crippen LogP contribution is -2.19. The second-order valence-corrected chi connectivity index (χ2v) is 7.50. The fourth-order valence-electron chi connectivity index (χ4n) is 1.98. The highest BCUT2D eigenvalue weighted by Crippen LogP contribution is 2.42. The molecule has 0 amide bonds. The van der Waals surface area contributed by atoms with Crippen LogP contribution in [0.1, 0.15) is 58.2 Å². The van der Waals surface area contributed by atoms with E-state index in [1.54, 1.807) is 0 Å². The number of benzene rings is 1. The largest absolute Gasteiger partial charge is 0.0837 e. The van der Waals surface area contributed by atoms with Crippen molar-refractivity contribution >= 4 is 23.2 Å². The Morgan fingerprint density at radius 3 is 1.65 bits per heavy atom. The van der Waals surface area contributed by atoms with Crippen LogP contribution in [0.2, 0.25) is 10.0 Å². The zero-order valence-electron chi connectivity index (χ0n) is 11.8. The third-order valence-corrected chi connectivity index (χ3v) is 3.82. The lowest BCUT2D eigenvalue weighted by molar-refractivity contribution is 0.568. The van der Waals surface area contributed by atoms with Gasteiger partial charge in [0.15, 0.2) is 0 Å². The van der Waals surface area contributed by atoms with Gasteiger partial charge in [0.1, 0.15) is 0 Å². The van der Waals surface area contributed by atoms with Crippen LogP contribution in [0.25, 0.3) is 0 Å². The van der Waals surface area contributed by atoms with E-state index in [1.807, 2.05) is 6.92 Å². The molecular formula is C15H22Cl2. The SMILES string of the molecule is Cc1cc(C(C)(C)C)c(Cl)c(C(C)(C)C)c1Cl. The molecule has 0 bridgehead atoms. The fraction of sp³-hybridized carbons (Fsp3) is 0.600. The van der Waals surface area contributed by atoms with E-state index in [-0.39, 0.29) is 10.8 Å². The molecule has 0 nitrogen and oxygen atoms in total. The van der Waals surface area contributed by atoms with E-state index >= 15 is 0 Å². The van der Waals surface area contributed by atoms with Gasteiger partial charge in [-0.15, -0.1) is 0 Å². The molecule has 0 saturated carbocycles. The summed E-state index contributed by atoms with van der Waals surface area (Å²) in [5, 5.41) is 1.62. The Morgan fingerprint density at radius 2 is 1.29 bits per heavy atom. The Bertz CT molecular complexity index is 432. The summed E-state index contributed by atoms with van der Waals surface area (Å²) >= 11 is 13.0. The molecule has 1 rings (SSSR count). The van der Waals surface area contributed by atoms with E-state index in [2.05, 4.69) is 47.6 Å². The lowest BCUT2D eigenvalue weighted by atomic mass is 9.79. The third-order valence-electron chi connectivity index (χ3n) is 2.94. The van der Waals surface area contributed by atoms with E-state index in [1.165, 1.54) is 5.56 Å². The average molecular weight is 273 g/mol. The smallest absolute Gasteiger partial charge is 0.0495 e. The molecule has 0 aliphatic rings. The number of halogens is 2. The van der Waals surface area contributed by atoms with Crippen LogP contribution in [0.5, 0.6) is 0 Å². The summed E-state index contributed by atoms with van der Waals surface area (Å²) in [4.78, 5) is 0. The van der Waals surface area contributed by atoms with Crippen molar-refractivity contribution in [1.82, 2.24) is 0 Å². The van der Waals surface area contributed by atoms with Gasteiger partial charge in [-0.05, 0) is 34.4 Å². The van der Waals surface area contributed by atoms with Gasteiger partial charge in [-0.3, -0.25) is 0 Å². The molecule has 0 N–H and O–H groups in total. The maximum Gasteiger partial charge on any atom is 0.0495 e. The summed E-state index contributed by atoms with van der Waals surface area (Å²) in [6.07, 6.45) is 0. The first-order chi connectivity index (χ1) is 7.46. The monoisotopic (exact) mass is 272 g/mol. The van der Waals surface area contributed by atoms with Crippen molar-refractivity contribution in [2.75, 3.05) is 0 Å². The van der Waals surface area contributed by atoms with E-state index in [4.69, 9.17) is 23.2 Å². The molecule has 0 fully saturated rings. The third kappa shape index (κ3) is 2.98. The molecule has 0 spiro atoms. The molecule has 0 aromatic heterocycles. The Kier molecular flexibility index (Phi) is 3.91. The van der Waals surface area contributed by atoms with Crippen molar-refractivity contribution in [3.63, 3.8) is 0 Å². The molecule has 0 saturated heterocycles. The highest BCUT2D eigenvalue weighted by atomic mass is 35.5. The van der Waals surface area contributed by atoms with Gasteiger partial charge in [0, 0.05) is 10.0 Å². The minimum Gasteiger partial charge on any atom is -0.0837 e. The number of hydrogen-bond acceptors (Lipinski definition) is 0. The normalized spacial score (nSPS) is 13.0. The van der Waals surface area contributed by atoms with Crippen LogP contribution in [0, 0.1) is 6.92 Å². The lowest BCUT2D eigenvalue weighted by Gasteiger charge is -2.29. The van der Waals surface area contributed by atoms with Gasteiger partial charge < -0.3 is 0 Å². The molecule has 0 aliphatic heterocycles. The standard InChI is InChI=1S/C15H22Cl2/c1-9-8-10(14(2,3)4)13(17)11(12(9)16)15(5,6)7/h8H,1-7H3. The van der Waals surface area contributed by atoms with Crippen molar-refractivity contribution in [2.24, 2.45) is 0 Å². The van der Waals surface area contributed by atoms with Gasteiger partial charge in [-0.1, -0.05) is 70.8 Å². The first kappa shape index (κ1) is 14.9. The van der Waals surface area contributed by atoms with E-state index < -0.39 is 0 Å². The Hall–Kier alpha value is -0.200. The molecule has 17 heavy (non-hydrogen) atoms. The quantitative estimate of drug-likeness (QED) is 0.552. The van der Waals surface area contributed by atoms with Crippen LogP contribution in [0.15, 0.2) is 6.07 Å². The molecular weight excluding hydrogens is 251 g/mol. The van der Waals surface area contributed by atoms with Crippen molar-refractivity contribution in [3.8, 4) is 0 Å². The van der Waals surface area contributed by atoms with Gasteiger partial charge >= 0.3 is 0 Å². The van der Waals surface area contributed by atoms with Crippen molar-refractivity contribution in [2.45, 2.75) is 59.3 Å². The summed E-state index contributed by atoms with van der Waals surface area (Å²) < 4.78 is 0. The van der Waals surface area contributed by atoms with Gasteiger partial charge in [-0.2, -0.15) is 0 Å². The Labute approximate surface area is 115 Å². The van der Waals surface area contributed by atoms with E-state index in [0.29, 0.717) is 0 Å². The second-order valence-electron chi connectivity index (χ2n) is 6.74. The predicted molar refractivity (Wildman–Crippen MR) is 78.6 cm³/mol. The summed E-state index contributed by atoms with van der Waals surface area (Å²) in [6, 6.07) is 2.11. The molecule has 0 heterocycles. The molecule has 96 valence electrons. The first-order valence-electron chi connectivity index (χ1n) is 5.96.